The molecule has 1 heterocycles. The van der Waals surface area contributed by atoms with Crippen LogP contribution in [0.3, 0.4) is 0 Å². The second-order valence-corrected chi connectivity index (χ2v) is 2.19. The van der Waals surface area contributed by atoms with Gasteiger partial charge in [-0.15, -0.1) is 12.4 Å². The number of imidazole rings is 1. The highest BCUT2D eigenvalue weighted by molar-refractivity contribution is 5.85. The van der Waals surface area contributed by atoms with Gasteiger partial charge in [-0.05, 0) is 0 Å². The van der Waals surface area contributed by atoms with Gasteiger partial charge < -0.3 is 15.4 Å². The van der Waals surface area contributed by atoms with Crippen LogP contribution < -0.4 is 5.73 Å². The van der Waals surface area contributed by atoms with Gasteiger partial charge >= 0.3 is 0 Å². The summed E-state index contributed by atoms with van der Waals surface area (Å²) in [5.74, 6) is 0.711. The minimum Gasteiger partial charge on any atom is -0.394 e. The molecule has 0 radical (unpaired) electrons. The number of aromatic nitrogens is 2. The standard InChI is InChI=1S/C6H11N3O.ClH/c1-9-3-2-8-6(9)5(7)4-10;/h2-3,5,10H,4,7H2,1H3;1H/t5-;/m0./s1. The summed E-state index contributed by atoms with van der Waals surface area (Å²) >= 11 is 0. The Morgan fingerprint density at radius 1 is 1.82 bits per heavy atom. The minimum atomic E-state index is -0.361. The van der Waals surface area contributed by atoms with Gasteiger partial charge in [-0.2, -0.15) is 0 Å². The number of hydrogen-bond donors (Lipinski definition) is 2. The maximum Gasteiger partial charge on any atom is 0.127 e. The highest BCUT2D eigenvalue weighted by atomic mass is 35.5. The van der Waals surface area contributed by atoms with Crippen molar-refractivity contribution in [3.8, 4) is 0 Å². The van der Waals surface area contributed by atoms with Crippen molar-refractivity contribution in [2.24, 2.45) is 12.8 Å². The molecule has 1 rings (SSSR count). The molecule has 0 aromatic carbocycles. The Morgan fingerprint density at radius 3 is 2.82 bits per heavy atom. The number of rotatable bonds is 2. The molecular formula is C6H12ClN3O. The lowest BCUT2D eigenvalue weighted by Gasteiger charge is -2.06. The van der Waals surface area contributed by atoms with Crippen molar-refractivity contribution in [2.45, 2.75) is 6.04 Å². The highest BCUT2D eigenvalue weighted by Gasteiger charge is 2.07. The molecule has 5 heteroatoms. The molecule has 0 saturated heterocycles. The molecule has 3 N–H and O–H groups in total. The first kappa shape index (κ1) is 10.4. The summed E-state index contributed by atoms with van der Waals surface area (Å²) in [6.45, 7) is -0.0646. The summed E-state index contributed by atoms with van der Waals surface area (Å²) in [7, 11) is 1.85. The first-order valence-corrected chi connectivity index (χ1v) is 3.09. The molecule has 1 atom stereocenters. The van der Waals surface area contributed by atoms with Crippen molar-refractivity contribution < 1.29 is 5.11 Å². The van der Waals surface area contributed by atoms with Crippen LogP contribution in [0.1, 0.15) is 11.9 Å². The van der Waals surface area contributed by atoms with Crippen LogP contribution in [-0.2, 0) is 7.05 Å². The Balaban J connectivity index is 0.000001000. The van der Waals surface area contributed by atoms with Crippen molar-refractivity contribution in [3.63, 3.8) is 0 Å². The zero-order valence-corrected chi connectivity index (χ0v) is 7.08. The van der Waals surface area contributed by atoms with Gasteiger partial charge in [0.05, 0.1) is 12.6 Å². The Kier molecular flexibility index (Phi) is 4.10. The number of halogens is 1. The molecule has 0 aliphatic rings. The summed E-state index contributed by atoms with van der Waals surface area (Å²) in [5, 5.41) is 8.65. The van der Waals surface area contributed by atoms with E-state index in [1.165, 1.54) is 0 Å². The molecule has 0 unspecified atom stereocenters. The summed E-state index contributed by atoms with van der Waals surface area (Å²) < 4.78 is 1.79. The summed E-state index contributed by atoms with van der Waals surface area (Å²) in [6, 6.07) is -0.361. The minimum absolute atomic E-state index is 0. The zero-order chi connectivity index (χ0) is 7.56. The van der Waals surface area contributed by atoms with Crippen LogP contribution >= 0.6 is 12.4 Å². The van der Waals surface area contributed by atoms with E-state index in [-0.39, 0.29) is 25.1 Å². The highest BCUT2D eigenvalue weighted by Crippen LogP contribution is 2.03. The lowest BCUT2D eigenvalue weighted by molar-refractivity contribution is 0.261. The molecule has 0 saturated carbocycles. The third-order valence-electron chi connectivity index (χ3n) is 1.39. The van der Waals surface area contributed by atoms with Crippen LogP contribution in [0.25, 0.3) is 0 Å². The largest absolute Gasteiger partial charge is 0.394 e. The van der Waals surface area contributed by atoms with Crippen LogP contribution in [0.4, 0.5) is 0 Å². The maximum absolute atomic E-state index is 8.65. The van der Waals surface area contributed by atoms with Crippen LogP contribution in [0.5, 0.6) is 0 Å². The van der Waals surface area contributed by atoms with Crippen LogP contribution in [0.2, 0.25) is 0 Å². The first-order valence-electron chi connectivity index (χ1n) is 3.09. The van der Waals surface area contributed by atoms with Crippen molar-refractivity contribution >= 4 is 12.4 Å². The lowest BCUT2D eigenvalue weighted by atomic mass is 10.3. The number of aliphatic hydroxyl groups excluding tert-OH is 1. The Bertz CT molecular complexity index is 213. The smallest absolute Gasteiger partial charge is 0.127 e. The van der Waals surface area contributed by atoms with E-state index in [1.807, 2.05) is 7.05 Å². The summed E-state index contributed by atoms with van der Waals surface area (Å²) in [6.07, 6.45) is 3.45. The number of nitrogens with zero attached hydrogens (tertiary/aromatic N) is 2. The van der Waals surface area contributed by atoms with Gasteiger partial charge in [0.15, 0.2) is 0 Å². The van der Waals surface area contributed by atoms with E-state index in [0.717, 1.165) is 0 Å². The molecule has 11 heavy (non-hydrogen) atoms. The fourth-order valence-electron chi connectivity index (χ4n) is 0.816. The summed E-state index contributed by atoms with van der Waals surface area (Å²) in [4.78, 5) is 3.96. The first-order chi connectivity index (χ1) is 4.75. The predicted molar refractivity (Wildman–Crippen MR) is 44.5 cm³/mol. The molecule has 0 bridgehead atoms. The fraction of sp³-hybridized carbons (Fsp3) is 0.500. The molecule has 4 nitrogen and oxygen atoms in total. The van der Waals surface area contributed by atoms with Gasteiger partial charge in [0.2, 0.25) is 0 Å². The van der Waals surface area contributed by atoms with Crippen molar-refractivity contribution in [2.75, 3.05) is 6.61 Å². The second-order valence-electron chi connectivity index (χ2n) is 2.19. The molecule has 0 fully saturated rings. The quantitative estimate of drug-likeness (QED) is 0.660. The molecule has 0 aliphatic carbocycles. The molecule has 0 aliphatic heterocycles. The topological polar surface area (TPSA) is 64.1 Å². The second kappa shape index (κ2) is 4.33. The summed E-state index contributed by atoms with van der Waals surface area (Å²) in [5.41, 5.74) is 5.51. The zero-order valence-electron chi connectivity index (χ0n) is 6.27. The SMILES string of the molecule is Cl.Cn1ccnc1[C@@H](N)CO. The van der Waals surface area contributed by atoms with Gasteiger partial charge in [0.1, 0.15) is 5.82 Å². The predicted octanol–water partition coefficient (Wildman–Crippen LogP) is -0.166. The third kappa shape index (κ3) is 2.18. The number of nitrogens with two attached hydrogens (primary N) is 1. The van der Waals surface area contributed by atoms with Crippen molar-refractivity contribution in [3.05, 3.63) is 18.2 Å². The van der Waals surface area contributed by atoms with E-state index in [2.05, 4.69) is 4.98 Å². The van der Waals surface area contributed by atoms with Crippen LogP contribution in [-0.4, -0.2) is 21.3 Å². The van der Waals surface area contributed by atoms with E-state index in [1.54, 1.807) is 17.0 Å². The van der Waals surface area contributed by atoms with Crippen molar-refractivity contribution in [1.29, 1.82) is 0 Å². The van der Waals surface area contributed by atoms with Gasteiger partial charge in [0, 0.05) is 19.4 Å². The van der Waals surface area contributed by atoms with Gasteiger partial charge in [0.25, 0.3) is 0 Å². The molecule has 0 spiro atoms. The molecular weight excluding hydrogens is 166 g/mol. The lowest BCUT2D eigenvalue weighted by Crippen LogP contribution is -2.18. The molecule has 64 valence electrons. The molecule has 1 aromatic rings. The van der Waals surface area contributed by atoms with E-state index >= 15 is 0 Å². The maximum atomic E-state index is 8.65. The van der Waals surface area contributed by atoms with E-state index in [4.69, 9.17) is 10.8 Å². The Morgan fingerprint density at radius 2 is 2.45 bits per heavy atom. The number of aryl methyl sites for hydroxylation is 1. The number of aliphatic hydroxyl groups is 1. The van der Waals surface area contributed by atoms with E-state index < -0.39 is 0 Å². The van der Waals surface area contributed by atoms with Crippen LogP contribution in [0, 0.1) is 0 Å². The monoisotopic (exact) mass is 177 g/mol. The Labute approximate surface area is 71.5 Å². The van der Waals surface area contributed by atoms with Crippen molar-refractivity contribution in [1.82, 2.24) is 9.55 Å². The molecule has 0 amide bonds. The van der Waals surface area contributed by atoms with Gasteiger partial charge in [-0.25, -0.2) is 4.98 Å². The van der Waals surface area contributed by atoms with Crippen LogP contribution in [0.15, 0.2) is 12.4 Å². The van der Waals surface area contributed by atoms with Gasteiger partial charge in [-0.1, -0.05) is 0 Å². The fourth-order valence-corrected chi connectivity index (χ4v) is 0.816. The van der Waals surface area contributed by atoms with Gasteiger partial charge in [-0.3, -0.25) is 0 Å². The molecule has 1 aromatic heterocycles. The number of hydrogen-bond acceptors (Lipinski definition) is 3. The third-order valence-corrected chi connectivity index (χ3v) is 1.39. The van der Waals surface area contributed by atoms with E-state index in [0.29, 0.717) is 5.82 Å². The average Bonchev–Trinajstić information content (AvgIpc) is 2.34. The normalized spacial score (nSPS) is 12.3. The van der Waals surface area contributed by atoms with E-state index in [9.17, 15) is 0 Å². The average molecular weight is 178 g/mol. The Hall–Kier alpha value is -0.580.